The zero-order valence-electron chi connectivity index (χ0n) is 14.0. The number of piperidine rings is 1. The number of para-hydroxylation sites is 1. The van der Waals surface area contributed by atoms with Crippen molar-refractivity contribution < 1.29 is 9.84 Å². The molecule has 3 N–H and O–H groups in total. The van der Waals surface area contributed by atoms with Crippen LogP contribution >= 0.6 is 0 Å². The fourth-order valence-electron chi connectivity index (χ4n) is 3.10. The molecule has 1 aliphatic rings. The molecule has 2 atom stereocenters. The summed E-state index contributed by atoms with van der Waals surface area (Å²) in [6, 6.07) is 18.4. The number of likely N-dealkylation sites (tertiary alicyclic amines) is 1. The predicted molar refractivity (Wildman–Crippen MR) is 96.0 cm³/mol. The minimum Gasteiger partial charge on any atom is -0.493 e. The molecule has 0 amide bonds. The molecule has 4 nitrogen and oxygen atoms in total. The number of aliphatic hydroxyl groups excluding tert-OH is 1. The molecule has 128 valence electrons. The maximum Gasteiger partial charge on any atom is 0.123 e. The zero-order chi connectivity index (χ0) is 16.8. The highest BCUT2D eigenvalue weighted by Gasteiger charge is 2.25. The van der Waals surface area contributed by atoms with Gasteiger partial charge in [-0.1, -0.05) is 48.5 Å². The number of nitrogens with zero attached hydrogens (tertiary/aromatic N) is 1. The van der Waals surface area contributed by atoms with Gasteiger partial charge in [0.2, 0.25) is 0 Å². The molecule has 0 aromatic heterocycles. The summed E-state index contributed by atoms with van der Waals surface area (Å²) in [5.41, 5.74) is 8.32. The molecule has 1 heterocycles. The topological polar surface area (TPSA) is 58.7 Å². The van der Waals surface area contributed by atoms with Gasteiger partial charge in [-0.3, -0.25) is 4.90 Å². The van der Waals surface area contributed by atoms with Crippen molar-refractivity contribution in [2.45, 2.75) is 31.5 Å². The first kappa shape index (κ1) is 17.0. The second-order valence-electron chi connectivity index (χ2n) is 6.45. The predicted octanol–water partition coefficient (Wildman–Crippen LogP) is 2.20. The maximum atomic E-state index is 9.96. The van der Waals surface area contributed by atoms with Crippen molar-refractivity contribution in [1.29, 1.82) is 0 Å². The highest BCUT2D eigenvalue weighted by atomic mass is 16.5. The van der Waals surface area contributed by atoms with Crippen LogP contribution in [0.25, 0.3) is 0 Å². The molecule has 2 aromatic carbocycles. The minimum atomic E-state index is -0.440. The van der Waals surface area contributed by atoms with Crippen molar-refractivity contribution in [2.75, 3.05) is 19.7 Å². The largest absolute Gasteiger partial charge is 0.493 e. The Hall–Kier alpha value is -1.88. The second kappa shape index (κ2) is 8.29. The van der Waals surface area contributed by atoms with E-state index in [-0.39, 0.29) is 6.04 Å². The van der Waals surface area contributed by atoms with Crippen LogP contribution in [0.2, 0.25) is 0 Å². The molecule has 1 fully saturated rings. The van der Waals surface area contributed by atoms with Crippen LogP contribution in [-0.2, 0) is 13.0 Å². The number of benzene rings is 2. The van der Waals surface area contributed by atoms with E-state index in [1.165, 1.54) is 5.56 Å². The third kappa shape index (κ3) is 4.57. The van der Waals surface area contributed by atoms with Crippen LogP contribution in [0.1, 0.15) is 17.5 Å². The van der Waals surface area contributed by atoms with Gasteiger partial charge in [0.05, 0.1) is 12.7 Å². The molecule has 3 rings (SSSR count). The number of rotatable bonds is 6. The third-order valence-electron chi connectivity index (χ3n) is 4.58. The summed E-state index contributed by atoms with van der Waals surface area (Å²) >= 11 is 0. The Bertz CT molecular complexity index is 633. The molecule has 0 spiro atoms. The molecule has 0 bridgehead atoms. The van der Waals surface area contributed by atoms with E-state index in [1.807, 2.05) is 24.3 Å². The van der Waals surface area contributed by atoms with Crippen LogP contribution in [0.5, 0.6) is 5.75 Å². The molecule has 4 heteroatoms. The molecule has 2 aromatic rings. The lowest BCUT2D eigenvalue weighted by molar-refractivity contribution is 0.0495. The van der Waals surface area contributed by atoms with E-state index in [4.69, 9.17) is 10.5 Å². The van der Waals surface area contributed by atoms with E-state index >= 15 is 0 Å². The van der Waals surface area contributed by atoms with Crippen molar-refractivity contribution in [3.05, 3.63) is 65.7 Å². The summed E-state index contributed by atoms with van der Waals surface area (Å²) in [6.07, 6.45) is 1.29. The van der Waals surface area contributed by atoms with Crippen LogP contribution < -0.4 is 10.5 Å². The van der Waals surface area contributed by atoms with Gasteiger partial charge < -0.3 is 15.6 Å². The molecule has 1 saturated heterocycles. The lowest BCUT2D eigenvalue weighted by Gasteiger charge is -2.34. The van der Waals surface area contributed by atoms with Crippen molar-refractivity contribution in [1.82, 2.24) is 4.90 Å². The Morgan fingerprint density at radius 3 is 2.62 bits per heavy atom. The van der Waals surface area contributed by atoms with Gasteiger partial charge >= 0.3 is 0 Å². The summed E-state index contributed by atoms with van der Waals surface area (Å²) in [7, 11) is 0. The van der Waals surface area contributed by atoms with Crippen molar-refractivity contribution >= 4 is 0 Å². The number of ether oxygens (including phenoxy) is 1. The summed E-state index contributed by atoms with van der Waals surface area (Å²) in [5.74, 6) is 0.929. The van der Waals surface area contributed by atoms with Gasteiger partial charge in [-0.25, -0.2) is 0 Å². The highest BCUT2D eigenvalue weighted by molar-refractivity contribution is 5.33. The molecule has 24 heavy (non-hydrogen) atoms. The Labute approximate surface area is 143 Å². The molecular formula is C20H26N2O2. The van der Waals surface area contributed by atoms with Crippen molar-refractivity contribution in [3.8, 4) is 5.75 Å². The summed E-state index contributed by atoms with van der Waals surface area (Å²) in [5, 5.41) is 9.96. The van der Waals surface area contributed by atoms with E-state index in [2.05, 4.69) is 35.2 Å². The Balaban J connectivity index is 1.57. The number of β-amino-alcohol motifs (C(OH)–C–C–N with tert-alkyl or cyclic N) is 1. The smallest absolute Gasteiger partial charge is 0.123 e. The monoisotopic (exact) mass is 326 g/mol. The molecule has 0 saturated carbocycles. The van der Waals surface area contributed by atoms with Gasteiger partial charge in [-0.05, 0) is 18.1 Å². The summed E-state index contributed by atoms with van der Waals surface area (Å²) in [6.45, 7) is 2.98. The first-order valence-corrected chi connectivity index (χ1v) is 8.63. The highest BCUT2D eigenvalue weighted by Crippen LogP contribution is 2.22. The van der Waals surface area contributed by atoms with Crippen LogP contribution in [0.3, 0.4) is 0 Å². The number of hydrogen-bond acceptors (Lipinski definition) is 4. The van der Waals surface area contributed by atoms with E-state index in [9.17, 15) is 5.11 Å². The van der Waals surface area contributed by atoms with Gasteiger partial charge in [0.15, 0.2) is 0 Å². The van der Waals surface area contributed by atoms with Gasteiger partial charge in [0, 0.05) is 37.7 Å². The van der Waals surface area contributed by atoms with Crippen LogP contribution in [0, 0.1) is 0 Å². The third-order valence-corrected chi connectivity index (χ3v) is 4.58. The van der Waals surface area contributed by atoms with E-state index in [0.717, 1.165) is 37.2 Å². The van der Waals surface area contributed by atoms with Gasteiger partial charge in [0.1, 0.15) is 5.75 Å². The number of nitrogens with two attached hydrogens (primary N) is 1. The first-order valence-electron chi connectivity index (χ1n) is 8.63. The fourth-order valence-corrected chi connectivity index (χ4v) is 3.10. The first-order chi connectivity index (χ1) is 11.7. The molecular weight excluding hydrogens is 300 g/mol. The maximum absolute atomic E-state index is 9.96. The fraction of sp³-hybridized carbons (Fsp3) is 0.400. The zero-order valence-corrected chi connectivity index (χ0v) is 14.0. The Kier molecular flexibility index (Phi) is 5.86. The number of aliphatic hydroxyl groups is 1. The SMILES string of the molecule is N[C@@H]1CCN(Cc2ccccc2OCCc2ccccc2)C[C@H]1O. The Morgan fingerprint density at radius 1 is 1.08 bits per heavy atom. The van der Waals surface area contributed by atoms with Crippen LogP contribution in [-0.4, -0.2) is 41.8 Å². The normalized spacial score (nSPS) is 21.6. The molecule has 0 aliphatic carbocycles. The Morgan fingerprint density at radius 2 is 1.83 bits per heavy atom. The van der Waals surface area contributed by atoms with Gasteiger partial charge in [-0.2, -0.15) is 0 Å². The van der Waals surface area contributed by atoms with Crippen molar-refractivity contribution in [2.24, 2.45) is 5.73 Å². The average Bonchev–Trinajstić information content (AvgIpc) is 2.61. The summed E-state index contributed by atoms with van der Waals surface area (Å²) in [4.78, 5) is 2.24. The van der Waals surface area contributed by atoms with E-state index < -0.39 is 6.10 Å². The standard InChI is InChI=1S/C20H26N2O2/c21-18-10-12-22(15-19(18)23)14-17-8-4-5-9-20(17)24-13-11-16-6-2-1-3-7-16/h1-9,18-19,23H,10-15,21H2/t18-,19-/m1/s1. The average molecular weight is 326 g/mol. The van der Waals surface area contributed by atoms with Crippen LogP contribution in [0.15, 0.2) is 54.6 Å². The second-order valence-corrected chi connectivity index (χ2v) is 6.45. The van der Waals surface area contributed by atoms with Gasteiger partial charge in [-0.15, -0.1) is 0 Å². The number of hydrogen-bond donors (Lipinski definition) is 2. The molecule has 0 radical (unpaired) electrons. The van der Waals surface area contributed by atoms with E-state index in [1.54, 1.807) is 0 Å². The summed E-state index contributed by atoms with van der Waals surface area (Å²) < 4.78 is 6.02. The molecule has 1 aliphatic heterocycles. The lowest BCUT2D eigenvalue weighted by Crippen LogP contribution is -2.50. The van der Waals surface area contributed by atoms with Crippen LogP contribution in [0.4, 0.5) is 0 Å². The van der Waals surface area contributed by atoms with Gasteiger partial charge in [0.25, 0.3) is 0 Å². The lowest BCUT2D eigenvalue weighted by atomic mass is 10.0. The quantitative estimate of drug-likeness (QED) is 0.854. The molecule has 0 unspecified atom stereocenters. The van der Waals surface area contributed by atoms with Crippen molar-refractivity contribution in [3.63, 3.8) is 0 Å². The minimum absolute atomic E-state index is 0.0985. The van der Waals surface area contributed by atoms with E-state index in [0.29, 0.717) is 13.2 Å².